The lowest BCUT2D eigenvalue weighted by Crippen LogP contribution is -2.35. The van der Waals surface area contributed by atoms with Crippen molar-refractivity contribution in [2.75, 3.05) is 0 Å². The van der Waals surface area contributed by atoms with Gasteiger partial charge in [0.1, 0.15) is 4.99 Å². The molecule has 1 amide bonds. The molecule has 3 nitrogen and oxygen atoms in total. The molecule has 136 valence electrons. The van der Waals surface area contributed by atoms with Crippen molar-refractivity contribution in [3.63, 3.8) is 0 Å². The van der Waals surface area contributed by atoms with Crippen molar-refractivity contribution in [1.29, 1.82) is 0 Å². The van der Waals surface area contributed by atoms with Gasteiger partial charge in [-0.15, -0.1) is 0 Å². The van der Waals surface area contributed by atoms with E-state index in [2.05, 4.69) is 53.1 Å². The van der Waals surface area contributed by atoms with E-state index in [0.29, 0.717) is 6.54 Å². The molecule has 1 aliphatic rings. The van der Waals surface area contributed by atoms with Gasteiger partial charge >= 0.3 is 0 Å². The van der Waals surface area contributed by atoms with E-state index in [0.717, 1.165) is 29.0 Å². The maximum absolute atomic E-state index is 11.3. The van der Waals surface area contributed by atoms with Crippen molar-refractivity contribution in [3.8, 4) is 0 Å². The zero-order valence-electron chi connectivity index (χ0n) is 15.3. The number of hydrogen-bond acceptors (Lipinski definition) is 2. The Kier molecular flexibility index (Phi) is 4.66. The fourth-order valence-corrected chi connectivity index (χ4v) is 3.89. The molecule has 0 unspecified atom stereocenters. The molecule has 0 spiro atoms. The number of thiocarbonyl (C=S) groups is 1. The van der Waals surface area contributed by atoms with Gasteiger partial charge in [0.25, 0.3) is 0 Å². The first-order chi connectivity index (χ1) is 13.1. The van der Waals surface area contributed by atoms with E-state index in [4.69, 9.17) is 12.2 Å². The van der Waals surface area contributed by atoms with Gasteiger partial charge in [0, 0.05) is 19.0 Å². The van der Waals surface area contributed by atoms with Gasteiger partial charge in [-0.1, -0.05) is 72.9 Å². The van der Waals surface area contributed by atoms with Crippen molar-refractivity contribution in [2.24, 2.45) is 0 Å². The lowest BCUT2D eigenvalue weighted by Gasteiger charge is -2.22. The summed E-state index contributed by atoms with van der Waals surface area (Å²) < 4.78 is 0. The van der Waals surface area contributed by atoms with Crippen LogP contribution in [0.25, 0.3) is 10.8 Å². The molecule has 0 saturated heterocycles. The highest BCUT2D eigenvalue weighted by Gasteiger charge is 2.45. The molecule has 1 aliphatic carbocycles. The Bertz CT molecular complexity index is 1020. The fraction of sp³-hybridized carbons (Fsp3) is 0.217. The van der Waals surface area contributed by atoms with Crippen molar-refractivity contribution in [2.45, 2.75) is 31.8 Å². The first-order valence-corrected chi connectivity index (χ1v) is 9.62. The van der Waals surface area contributed by atoms with Crippen LogP contribution >= 0.6 is 12.2 Å². The van der Waals surface area contributed by atoms with Crippen LogP contribution in [0, 0.1) is 0 Å². The van der Waals surface area contributed by atoms with Crippen LogP contribution in [-0.2, 0) is 16.9 Å². The normalized spacial score (nSPS) is 14.6. The number of carbonyl (C=O) groups is 1. The summed E-state index contributed by atoms with van der Waals surface area (Å²) in [4.78, 5) is 12.0. The minimum atomic E-state index is -0.0811. The highest BCUT2D eigenvalue weighted by Crippen LogP contribution is 2.46. The van der Waals surface area contributed by atoms with Gasteiger partial charge in [-0.05, 0) is 40.8 Å². The van der Waals surface area contributed by atoms with Gasteiger partial charge in [0.2, 0.25) is 5.91 Å². The number of amides is 1. The number of rotatable bonds is 5. The largest absolute Gasteiger partial charge is 0.366 e. The highest BCUT2D eigenvalue weighted by atomic mass is 32.1. The Morgan fingerprint density at radius 3 is 2.44 bits per heavy atom. The zero-order valence-corrected chi connectivity index (χ0v) is 16.1. The van der Waals surface area contributed by atoms with E-state index in [1.165, 1.54) is 23.3 Å². The third-order valence-corrected chi connectivity index (χ3v) is 5.52. The first-order valence-electron chi connectivity index (χ1n) is 9.22. The number of nitrogens with one attached hydrogen (secondary N) is 2. The van der Waals surface area contributed by atoms with E-state index >= 15 is 0 Å². The summed E-state index contributed by atoms with van der Waals surface area (Å²) in [5, 5.41) is 8.97. The van der Waals surface area contributed by atoms with Gasteiger partial charge in [-0.25, -0.2) is 0 Å². The Morgan fingerprint density at radius 2 is 1.70 bits per heavy atom. The van der Waals surface area contributed by atoms with E-state index in [1.54, 1.807) is 0 Å². The molecule has 1 fully saturated rings. The lowest BCUT2D eigenvalue weighted by molar-refractivity contribution is -0.119. The standard InChI is InChI=1S/C23H22N2OS/c1-16(26)24-15-19-8-4-5-9-21(19)22(27)25-23(12-13-23)20-11-10-17-6-2-3-7-18(17)14-20/h2-11,14H,12-13,15H2,1H3,(H,24,26)(H,25,27). The summed E-state index contributed by atoms with van der Waals surface area (Å²) in [6, 6.07) is 23.0. The van der Waals surface area contributed by atoms with Crippen molar-refractivity contribution >= 4 is 33.9 Å². The topological polar surface area (TPSA) is 41.1 Å². The quantitative estimate of drug-likeness (QED) is 0.649. The predicted molar refractivity (Wildman–Crippen MR) is 114 cm³/mol. The molecule has 0 atom stereocenters. The van der Waals surface area contributed by atoms with Crippen molar-refractivity contribution in [1.82, 2.24) is 10.6 Å². The van der Waals surface area contributed by atoms with Gasteiger partial charge < -0.3 is 10.6 Å². The Labute approximate surface area is 164 Å². The molecule has 27 heavy (non-hydrogen) atoms. The Hall–Kier alpha value is -2.72. The maximum Gasteiger partial charge on any atom is 0.217 e. The van der Waals surface area contributed by atoms with Gasteiger partial charge in [-0.3, -0.25) is 4.79 Å². The van der Waals surface area contributed by atoms with Crippen molar-refractivity contribution < 1.29 is 4.79 Å². The highest BCUT2D eigenvalue weighted by molar-refractivity contribution is 7.80. The summed E-state index contributed by atoms with van der Waals surface area (Å²) in [7, 11) is 0. The number of fused-ring (bicyclic) bond motifs is 1. The second kappa shape index (κ2) is 7.12. The predicted octanol–water partition coefficient (Wildman–Crippen LogP) is 4.43. The van der Waals surface area contributed by atoms with Gasteiger partial charge in [0.15, 0.2) is 0 Å². The molecule has 0 radical (unpaired) electrons. The third-order valence-electron chi connectivity index (χ3n) is 5.19. The first kappa shape index (κ1) is 17.7. The van der Waals surface area contributed by atoms with Crippen molar-refractivity contribution in [3.05, 3.63) is 83.4 Å². The summed E-state index contributed by atoms with van der Waals surface area (Å²) in [5.74, 6) is -0.0430. The van der Waals surface area contributed by atoms with Crippen LogP contribution in [0.3, 0.4) is 0 Å². The molecular weight excluding hydrogens is 352 g/mol. The average Bonchev–Trinajstić information content (AvgIpc) is 3.46. The SMILES string of the molecule is CC(=O)NCc1ccccc1C(=S)NC1(c2ccc3ccccc3c2)CC1. The number of carbonyl (C=O) groups excluding carboxylic acids is 1. The van der Waals surface area contributed by atoms with Crippen LogP contribution in [0.1, 0.15) is 36.5 Å². The van der Waals surface area contributed by atoms with Crippen LogP contribution in [0.2, 0.25) is 0 Å². The molecule has 4 heteroatoms. The monoisotopic (exact) mass is 374 g/mol. The van der Waals surface area contributed by atoms with E-state index in [-0.39, 0.29) is 11.4 Å². The maximum atomic E-state index is 11.3. The van der Waals surface area contributed by atoms with Gasteiger partial charge in [0.05, 0.1) is 5.54 Å². The van der Waals surface area contributed by atoms with E-state index in [9.17, 15) is 4.79 Å². The molecule has 0 aliphatic heterocycles. The Morgan fingerprint density at radius 1 is 1.00 bits per heavy atom. The van der Waals surface area contributed by atoms with Crippen LogP contribution < -0.4 is 10.6 Å². The summed E-state index contributed by atoms with van der Waals surface area (Å²) in [6.07, 6.45) is 2.14. The van der Waals surface area contributed by atoms with Crippen LogP contribution in [0.5, 0.6) is 0 Å². The molecule has 3 aromatic rings. The molecule has 0 heterocycles. The van der Waals surface area contributed by atoms with E-state index in [1.807, 2.05) is 24.3 Å². The summed E-state index contributed by atoms with van der Waals surface area (Å²) >= 11 is 5.75. The number of benzene rings is 3. The minimum absolute atomic E-state index is 0.0430. The van der Waals surface area contributed by atoms with Crippen LogP contribution in [0.15, 0.2) is 66.7 Å². The lowest BCUT2D eigenvalue weighted by atomic mass is 9.99. The number of hydrogen-bond donors (Lipinski definition) is 2. The van der Waals surface area contributed by atoms with Crippen LogP contribution in [0.4, 0.5) is 0 Å². The van der Waals surface area contributed by atoms with Crippen LogP contribution in [-0.4, -0.2) is 10.9 Å². The second-order valence-electron chi connectivity index (χ2n) is 7.17. The molecule has 3 aromatic carbocycles. The third kappa shape index (κ3) is 3.71. The average molecular weight is 375 g/mol. The summed E-state index contributed by atoms with van der Waals surface area (Å²) in [6.45, 7) is 2.01. The minimum Gasteiger partial charge on any atom is -0.366 e. The zero-order chi connectivity index (χ0) is 18.9. The molecule has 0 bridgehead atoms. The molecule has 0 aromatic heterocycles. The Balaban J connectivity index is 1.58. The van der Waals surface area contributed by atoms with Gasteiger partial charge in [-0.2, -0.15) is 0 Å². The summed E-state index contributed by atoms with van der Waals surface area (Å²) in [5.41, 5.74) is 3.21. The smallest absolute Gasteiger partial charge is 0.217 e. The molecule has 2 N–H and O–H groups in total. The molecule has 4 rings (SSSR count). The van der Waals surface area contributed by atoms with E-state index < -0.39 is 0 Å². The molecule has 1 saturated carbocycles. The molecular formula is C23H22N2OS. The second-order valence-corrected chi connectivity index (χ2v) is 7.57. The fourth-order valence-electron chi connectivity index (χ4n) is 3.50.